The van der Waals surface area contributed by atoms with E-state index < -0.39 is 0 Å². The molecule has 1 aliphatic heterocycles. The third kappa shape index (κ3) is 3.49. The highest BCUT2D eigenvalue weighted by molar-refractivity contribution is 7.80. The summed E-state index contributed by atoms with van der Waals surface area (Å²) in [5.74, 6) is -0.304. The number of thiocarbonyl (C=S) groups is 1. The molecule has 0 spiro atoms. The maximum absolute atomic E-state index is 14.2. The molecule has 0 unspecified atom stereocenters. The van der Waals surface area contributed by atoms with E-state index >= 15 is 0 Å². The maximum atomic E-state index is 14.2. The summed E-state index contributed by atoms with van der Waals surface area (Å²) >= 11 is 4.86. The fourth-order valence-corrected chi connectivity index (χ4v) is 2.70. The van der Waals surface area contributed by atoms with Gasteiger partial charge in [-0.25, -0.2) is 4.39 Å². The van der Waals surface area contributed by atoms with Crippen molar-refractivity contribution in [3.63, 3.8) is 0 Å². The van der Waals surface area contributed by atoms with Gasteiger partial charge in [0.25, 0.3) is 0 Å². The molecule has 1 fully saturated rings. The second-order valence-corrected chi connectivity index (χ2v) is 5.53. The predicted molar refractivity (Wildman–Crippen MR) is 77.6 cm³/mol. The van der Waals surface area contributed by atoms with Crippen molar-refractivity contribution in [1.82, 2.24) is 4.90 Å². The molecule has 1 aromatic rings. The molecular weight excluding hydrogens is 263 g/mol. The summed E-state index contributed by atoms with van der Waals surface area (Å²) < 4.78 is 19.9. The van der Waals surface area contributed by atoms with Crippen LogP contribution >= 0.6 is 12.2 Å². The zero-order valence-corrected chi connectivity index (χ0v) is 12.0. The minimum atomic E-state index is -0.304. The van der Waals surface area contributed by atoms with E-state index in [0.717, 1.165) is 13.1 Å². The standard InChI is InChI=1S/C14H19FN2OS/c1-9-6-17(7-10(2)18-9)8-11-4-3-5-12(13(11)15)14(16)19/h3-5,9-10H,6-8H2,1-2H3,(H2,16,19)/t9-,10+. The van der Waals surface area contributed by atoms with Crippen LogP contribution in [0, 0.1) is 5.82 Å². The Hall–Kier alpha value is -1.04. The second kappa shape index (κ2) is 5.94. The average molecular weight is 282 g/mol. The molecule has 0 bridgehead atoms. The smallest absolute Gasteiger partial charge is 0.137 e. The van der Waals surface area contributed by atoms with E-state index in [2.05, 4.69) is 4.90 Å². The van der Waals surface area contributed by atoms with E-state index in [0.29, 0.717) is 17.7 Å². The molecule has 2 rings (SSSR count). The molecule has 104 valence electrons. The van der Waals surface area contributed by atoms with Gasteiger partial charge in [-0.2, -0.15) is 0 Å². The number of rotatable bonds is 3. The van der Waals surface area contributed by atoms with Gasteiger partial charge in [-0.05, 0) is 19.9 Å². The molecule has 5 heteroatoms. The van der Waals surface area contributed by atoms with E-state index in [1.165, 1.54) is 0 Å². The maximum Gasteiger partial charge on any atom is 0.137 e. The van der Waals surface area contributed by atoms with Crippen molar-refractivity contribution in [3.05, 3.63) is 35.1 Å². The zero-order chi connectivity index (χ0) is 14.0. The Bertz CT molecular complexity index is 471. The Morgan fingerprint density at radius 3 is 2.63 bits per heavy atom. The van der Waals surface area contributed by atoms with Crippen LogP contribution in [0.2, 0.25) is 0 Å². The van der Waals surface area contributed by atoms with E-state index in [1.807, 2.05) is 13.8 Å². The van der Waals surface area contributed by atoms with Crippen LogP contribution in [0.3, 0.4) is 0 Å². The largest absolute Gasteiger partial charge is 0.389 e. The van der Waals surface area contributed by atoms with Crippen molar-refractivity contribution in [1.29, 1.82) is 0 Å². The molecule has 3 nitrogen and oxygen atoms in total. The van der Waals surface area contributed by atoms with Crippen molar-refractivity contribution in [2.45, 2.75) is 32.6 Å². The number of benzene rings is 1. The lowest BCUT2D eigenvalue weighted by Gasteiger charge is -2.35. The summed E-state index contributed by atoms with van der Waals surface area (Å²) in [4.78, 5) is 2.30. The highest BCUT2D eigenvalue weighted by Gasteiger charge is 2.23. The minimum absolute atomic E-state index is 0.100. The first-order valence-electron chi connectivity index (χ1n) is 6.42. The Labute approximate surface area is 118 Å². The van der Waals surface area contributed by atoms with Crippen LogP contribution in [0.25, 0.3) is 0 Å². The van der Waals surface area contributed by atoms with Gasteiger partial charge >= 0.3 is 0 Å². The van der Waals surface area contributed by atoms with Crippen molar-refractivity contribution in [2.24, 2.45) is 5.73 Å². The van der Waals surface area contributed by atoms with Gasteiger partial charge in [0.15, 0.2) is 0 Å². The molecule has 2 N–H and O–H groups in total. The average Bonchev–Trinajstić information content (AvgIpc) is 2.30. The first kappa shape index (κ1) is 14.4. The van der Waals surface area contributed by atoms with Gasteiger partial charge in [0.2, 0.25) is 0 Å². The summed E-state index contributed by atoms with van der Waals surface area (Å²) in [7, 11) is 0. The molecule has 0 amide bonds. The normalized spacial score (nSPS) is 24.4. The SMILES string of the molecule is C[C@@H]1CN(Cc2cccc(C(N)=S)c2F)C[C@H](C)O1. The minimum Gasteiger partial charge on any atom is -0.389 e. The molecule has 0 aromatic heterocycles. The van der Waals surface area contributed by atoms with Gasteiger partial charge in [-0.15, -0.1) is 0 Å². The summed E-state index contributed by atoms with van der Waals surface area (Å²) in [6.07, 6.45) is 0.344. The van der Waals surface area contributed by atoms with Gasteiger partial charge in [0, 0.05) is 30.8 Å². The first-order valence-corrected chi connectivity index (χ1v) is 6.83. The van der Waals surface area contributed by atoms with Crippen molar-refractivity contribution in [3.8, 4) is 0 Å². The summed E-state index contributed by atoms with van der Waals surface area (Å²) in [6.45, 7) is 6.23. The zero-order valence-electron chi connectivity index (χ0n) is 11.2. The Morgan fingerprint density at radius 2 is 2.05 bits per heavy atom. The molecule has 1 aliphatic rings. The number of nitrogens with two attached hydrogens (primary N) is 1. The van der Waals surface area contributed by atoms with Gasteiger partial charge in [-0.3, -0.25) is 4.90 Å². The first-order chi connectivity index (χ1) is 8.97. The molecule has 0 aliphatic carbocycles. The molecular formula is C14H19FN2OS. The van der Waals surface area contributed by atoms with Crippen LogP contribution in [-0.2, 0) is 11.3 Å². The van der Waals surface area contributed by atoms with Crippen molar-refractivity contribution >= 4 is 17.2 Å². The Balaban J connectivity index is 2.15. The molecule has 1 saturated heterocycles. The van der Waals surface area contributed by atoms with Crippen LogP contribution in [0.4, 0.5) is 4.39 Å². The summed E-state index contributed by atoms with van der Waals surface area (Å²) in [6, 6.07) is 5.19. The quantitative estimate of drug-likeness (QED) is 0.861. The summed E-state index contributed by atoms with van der Waals surface area (Å²) in [5, 5.41) is 0. The van der Waals surface area contributed by atoms with Gasteiger partial charge in [-0.1, -0.05) is 24.4 Å². The fraction of sp³-hybridized carbons (Fsp3) is 0.500. The topological polar surface area (TPSA) is 38.5 Å². The Kier molecular flexibility index (Phi) is 4.50. The van der Waals surface area contributed by atoms with Crippen molar-refractivity contribution < 1.29 is 9.13 Å². The lowest BCUT2D eigenvalue weighted by Crippen LogP contribution is -2.45. The van der Waals surface area contributed by atoms with E-state index in [9.17, 15) is 4.39 Å². The fourth-order valence-electron chi connectivity index (χ4n) is 2.55. The molecule has 0 saturated carbocycles. The van der Waals surface area contributed by atoms with Crippen molar-refractivity contribution in [2.75, 3.05) is 13.1 Å². The third-order valence-corrected chi connectivity index (χ3v) is 3.45. The molecule has 19 heavy (non-hydrogen) atoms. The number of hydrogen-bond donors (Lipinski definition) is 1. The van der Waals surface area contributed by atoms with E-state index in [-0.39, 0.29) is 23.0 Å². The lowest BCUT2D eigenvalue weighted by molar-refractivity contribution is -0.0707. The Morgan fingerprint density at radius 1 is 1.42 bits per heavy atom. The summed E-state index contributed by atoms with van der Waals surface area (Å²) in [5.41, 5.74) is 6.47. The second-order valence-electron chi connectivity index (χ2n) is 5.09. The van der Waals surface area contributed by atoms with Crippen LogP contribution < -0.4 is 5.73 Å². The number of hydrogen-bond acceptors (Lipinski definition) is 3. The van der Waals surface area contributed by atoms with E-state index in [1.54, 1.807) is 18.2 Å². The molecule has 1 heterocycles. The van der Waals surface area contributed by atoms with E-state index in [4.69, 9.17) is 22.7 Å². The van der Waals surface area contributed by atoms with Gasteiger partial charge in [0.1, 0.15) is 10.8 Å². The third-order valence-electron chi connectivity index (χ3n) is 3.23. The van der Waals surface area contributed by atoms with Crippen LogP contribution in [-0.4, -0.2) is 35.2 Å². The molecule has 0 radical (unpaired) electrons. The molecule has 1 aromatic carbocycles. The van der Waals surface area contributed by atoms with Crippen LogP contribution in [0.15, 0.2) is 18.2 Å². The number of halogens is 1. The lowest BCUT2D eigenvalue weighted by atomic mass is 10.1. The monoisotopic (exact) mass is 282 g/mol. The highest BCUT2D eigenvalue weighted by Crippen LogP contribution is 2.18. The van der Waals surface area contributed by atoms with Gasteiger partial charge < -0.3 is 10.5 Å². The van der Waals surface area contributed by atoms with Gasteiger partial charge in [0.05, 0.1) is 12.2 Å². The van der Waals surface area contributed by atoms with Crippen LogP contribution in [0.5, 0.6) is 0 Å². The highest BCUT2D eigenvalue weighted by atomic mass is 32.1. The number of nitrogens with zero attached hydrogens (tertiary/aromatic N) is 1. The predicted octanol–water partition coefficient (Wildman–Crippen LogP) is 2.07. The van der Waals surface area contributed by atoms with Crippen LogP contribution in [0.1, 0.15) is 25.0 Å². The molecule has 2 atom stereocenters. The number of ether oxygens (including phenoxy) is 1. The number of morpholine rings is 1.